The minimum atomic E-state index is -0.478. The maximum atomic E-state index is 10.3. The molecule has 4 heteroatoms. The number of nitrogens with zero attached hydrogens (tertiary/aromatic N) is 1. The van der Waals surface area contributed by atoms with Gasteiger partial charge >= 0.3 is 0 Å². The number of piperidine rings is 1. The van der Waals surface area contributed by atoms with Crippen LogP contribution < -0.4 is 5.32 Å². The molecule has 0 aromatic carbocycles. The Hall–Kier alpha value is -0.420. The van der Waals surface area contributed by atoms with Crippen molar-refractivity contribution < 1.29 is 5.11 Å². The van der Waals surface area contributed by atoms with Gasteiger partial charge < -0.3 is 15.3 Å². The zero-order valence-electron chi connectivity index (χ0n) is 10.5. The summed E-state index contributed by atoms with van der Waals surface area (Å²) in [5, 5.41) is 15.5. The number of aliphatic hydroxyl groups is 1. The highest BCUT2D eigenvalue weighted by Gasteiger charge is 2.31. The van der Waals surface area contributed by atoms with Gasteiger partial charge in [-0.3, -0.25) is 0 Å². The molecular formula is C13H22N2OS. The second-order valence-electron chi connectivity index (χ2n) is 4.93. The lowest BCUT2D eigenvalue weighted by atomic mass is 9.91. The van der Waals surface area contributed by atoms with Crippen molar-refractivity contribution in [3.8, 4) is 0 Å². The standard InChI is InChI=1S/C13H22N2OS/c1-14-11-13(16)5-8-15(9-6-13)7-4-12-3-2-10-17-12/h2-3,10,14,16H,4-9,11H2,1H3. The van der Waals surface area contributed by atoms with E-state index in [0.717, 1.165) is 38.9 Å². The van der Waals surface area contributed by atoms with Gasteiger partial charge in [0, 0.05) is 31.1 Å². The van der Waals surface area contributed by atoms with Crippen LogP contribution in [0.2, 0.25) is 0 Å². The van der Waals surface area contributed by atoms with E-state index in [-0.39, 0.29) is 0 Å². The average Bonchev–Trinajstić information content (AvgIpc) is 2.82. The van der Waals surface area contributed by atoms with Gasteiger partial charge in [-0.15, -0.1) is 11.3 Å². The summed E-state index contributed by atoms with van der Waals surface area (Å²) in [4.78, 5) is 3.92. The van der Waals surface area contributed by atoms with Gasteiger partial charge in [0.1, 0.15) is 0 Å². The van der Waals surface area contributed by atoms with E-state index in [1.807, 2.05) is 18.4 Å². The van der Waals surface area contributed by atoms with Crippen LogP contribution in [0.25, 0.3) is 0 Å². The first-order valence-electron chi connectivity index (χ1n) is 6.34. The lowest BCUT2D eigenvalue weighted by Gasteiger charge is -2.38. The topological polar surface area (TPSA) is 35.5 Å². The predicted octanol–water partition coefficient (Wildman–Crippen LogP) is 1.34. The van der Waals surface area contributed by atoms with Gasteiger partial charge in [0.05, 0.1) is 5.60 Å². The molecule has 1 aliphatic rings. The SMILES string of the molecule is CNCC1(O)CCN(CCc2cccs2)CC1. The van der Waals surface area contributed by atoms with Crippen molar-refractivity contribution in [2.75, 3.05) is 33.2 Å². The summed E-state index contributed by atoms with van der Waals surface area (Å²) in [6, 6.07) is 4.31. The number of likely N-dealkylation sites (N-methyl/N-ethyl adjacent to an activating group) is 1. The fourth-order valence-electron chi connectivity index (χ4n) is 2.42. The molecule has 1 fully saturated rings. The van der Waals surface area contributed by atoms with Crippen LogP contribution in [0.4, 0.5) is 0 Å². The minimum Gasteiger partial charge on any atom is -0.388 e. The van der Waals surface area contributed by atoms with Crippen LogP contribution in [-0.4, -0.2) is 48.8 Å². The molecular weight excluding hydrogens is 232 g/mol. The molecule has 2 rings (SSSR count). The first kappa shape index (κ1) is 13.0. The fourth-order valence-corrected chi connectivity index (χ4v) is 3.12. The molecule has 1 aromatic heterocycles. The van der Waals surface area contributed by atoms with Crippen LogP contribution in [0, 0.1) is 0 Å². The van der Waals surface area contributed by atoms with Crippen molar-refractivity contribution in [2.24, 2.45) is 0 Å². The third kappa shape index (κ3) is 3.78. The van der Waals surface area contributed by atoms with E-state index in [2.05, 4.69) is 27.7 Å². The number of hydrogen-bond donors (Lipinski definition) is 2. The molecule has 0 spiro atoms. The van der Waals surface area contributed by atoms with Crippen molar-refractivity contribution >= 4 is 11.3 Å². The molecule has 0 saturated carbocycles. The monoisotopic (exact) mass is 254 g/mol. The van der Waals surface area contributed by atoms with Crippen molar-refractivity contribution in [3.63, 3.8) is 0 Å². The molecule has 0 aliphatic carbocycles. The minimum absolute atomic E-state index is 0.478. The van der Waals surface area contributed by atoms with Gasteiger partial charge in [-0.1, -0.05) is 6.07 Å². The zero-order valence-corrected chi connectivity index (χ0v) is 11.3. The Bertz CT molecular complexity index is 318. The number of likely N-dealkylation sites (tertiary alicyclic amines) is 1. The summed E-state index contributed by atoms with van der Waals surface area (Å²) in [6.45, 7) is 3.87. The lowest BCUT2D eigenvalue weighted by Crippen LogP contribution is -2.49. The summed E-state index contributed by atoms with van der Waals surface area (Å²) in [6.07, 6.45) is 2.92. The summed E-state index contributed by atoms with van der Waals surface area (Å²) in [5.74, 6) is 0. The molecule has 0 bridgehead atoms. The van der Waals surface area contributed by atoms with Crippen LogP contribution in [-0.2, 0) is 6.42 Å². The molecule has 17 heavy (non-hydrogen) atoms. The predicted molar refractivity (Wildman–Crippen MR) is 72.6 cm³/mol. The Kier molecular flexibility index (Phi) is 4.56. The maximum Gasteiger partial charge on any atom is 0.0795 e. The van der Waals surface area contributed by atoms with Crippen LogP contribution in [0.1, 0.15) is 17.7 Å². The van der Waals surface area contributed by atoms with Crippen LogP contribution in [0.5, 0.6) is 0 Å². The van der Waals surface area contributed by atoms with Crippen molar-refractivity contribution in [1.29, 1.82) is 0 Å². The van der Waals surface area contributed by atoms with Gasteiger partial charge in [0.15, 0.2) is 0 Å². The molecule has 3 nitrogen and oxygen atoms in total. The second-order valence-corrected chi connectivity index (χ2v) is 5.96. The van der Waals surface area contributed by atoms with Crippen molar-refractivity contribution in [2.45, 2.75) is 24.9 Å². The quantitative estimate of drug-likeness (QED) is 0.832. The fraction of sp³-hybridized carbons (Fsp3) is 0.692. The number of rotatable bonds is 5. The normalized spacial score (nSPS) is 20.6. The summed E-state index contributed by atoms with van der Waals surface area (Å²) in [7, 11) is 1.90. The Balaban J connectivity index is 1.72. The highest BCUT2D eigenvalue weighted by molar-refractivity contribution is 7.09. The Morgan fingerprint density at radius 2 is 2.24 bits per heavy atom. The summed E-state index contributed by atoms with van der Waals surface area (Å²) < 4.78 is 0. The molecule has 1 aromatic rings. The van der Waals surface area contributed by atoms with Crippen molar-refractivity contribution in [1.82, 2.24) is 10.2 Å². The molecule has 96 valence electrons. The van der Waals surface area contributed by atoms with Crippen LogP contribution in [0.3, 0.4) is 0 Å². The second kappa shape index (κ2) is 5.96. The number of thiophene rings is 1. The maximum absolute atomic E-state index is 10.3. The van der Waals surface area contributed by atoms with E-state index in [1.165, 1.54) is 4.88 Å². The van der Waals surface area contributed by atoms with E-state index in [1.54, 1.807) is 0 Å². The van der Waals surface area contributed by atoms with Crippen LogP contribution in [0.15, 0.2) is 17.5 Å². The molecule has 0 amide bonds. The first-order valence-corrected chi connectivity index (χ1v) is 7.21. The van der Waals surface area contributed by atoms with Gasteiger partial charge in [-0.05, 0) is 37.8 Å². The van der Waals surface area contributed by atoms with E-state index in [0.29, 0.717) is 6.54 Å². The highest BCUT2D eigenvalue weighted by Crippen LogP contribution is 2.21. The Morgan fingerprint density at radius 3 is 2.82 bits per heavy atom. The van der Waals surface area contributed by atoms with Crippen LogP contribution >= 0.6 is 11.3 Å². The van der Waals surface area contributed by atoms with Gasteiger partial charge in [-0.2, -0.15) is 0 Å². The average molecular weight is 254 g/mol. The molecule has 0 atom stereocenters. The van der Waals surface area contributed by atoms with Crippen molar-refractivity contribution in [3.05, 3.63) is 22.4 Å². The molecule has 2 heterocycles. The highest BCUT2D eigenvalue weighted by atomic mass is 32.1. The van der Waals surface area contributed by atoms with Gasteiger partial charge in [-0.25, -0.2) is 0 Å². The van der Waals surface area contributed by atoms with E-state index in [4.69, 9.17) is 0 Å². The largest absolute Gasteiger partial charge is 0.388 e. The van der Waals surface area contributed by atoms with E-state index < -0.39 is 5.60 Å². The summed E-state index contributed by atoms with van der Waals surface area (Å²) in [5.41, 5.74) is -0.478. The third-order valence-electron chi connectivity index (χ3n) is 3.55. The van der Waals surface area contributed by atoms with Gasteiger partial charge in [0.2, 0.25) is 0 Å². The zero-order chi connectivity index (χ0) is 12.1. The Labute approximate surface area is 107 Å². The summed E-state index contributed by atoms with van der Waals surface area (Å²) >= 11 is 1.83. The molecule has 2 N–H and O–H groups in total. The molecule has 1 saturated heterocycles. The molecule has 1 aliphatic heterocycles. The lowest BCUT2D eigenvalue weighted by molar-refractivity contribution is -0.0181. The molecule has 0 unspecified atom stereocenters. The van der Waals surface area contributed by atoms with E-state index >= 15 is 0 Å². The number of hydrogen-bond acceptors (Lipinski definition) is 4. The smallest absolute Gasteiger partial charge is 0.0795 e. The number of nitrogens with one attached hydrogen (secondary N) is 1. The first-order chi connectivity index (χ1) is 8.22. The van der Waals surface area contributed by atoms with E-state index in [9.17, 15) is 5.11 Å². The molecule has 0 radical (unpaired) electrons. The Morgan fingerprint density at radius 1 is 1.47 bits per heavy atom. The van der Waals surface area contributed by atoms with Gasteiger partial charge in [0.25, 0.3) is 0 Å². The third-order valence-corrected chi connectivity index (χ3v) is 4.48.